The van der Waals surface area contributed by atoms with E-state index in [1.807, 2.05) is 19.2 Å². The molecule has 0 saturated heterocycles. The SMILES string of the molecule is CNC(Cc1ccc(Br)s1)c1ccc(Br)c(F)c1. The van der Waals surface area contributed by atoms with Gasteiger partial charge in [0.25, 0.3) is 0 Å². The fourth-order valence-corrected chi connectivity index (χ4v) is 3.55. The van der Waals surface area contributed by atoms with Gasteiger partial charge in [-0.05, 0) is 68.7 Å². The van der Waals surface area contributed by atoms with Gasteiger partial charge in [-0.25, -0.2) is 4.39 Å². The lowest BCUT2D eigenvalue weighted by Gasteiger charge is -2.16. The van der Waals surface area contributed by atoms with Crippen LogP contribution in [0, 0.1) is 5.82 Å². The Morgan fingerprint density at radius 3 is 2.61 bits per heavy atom. The van der Waals surface area contributed by atoms with Crippen molar-refractivity contribution in [3.63, 3.8) is 0 Å². The molecule has 5 heteroatoms. The van der Waals surface area contributed by atoms with Gasteiger partial charge >= 0.3 is 0 Å². The summed E-state index contributed by atoms with van der Waals surface area (Å²) in [5.74, 6) is -0.222. The Hall–Kier alpha value is -0.230. The second-order valence-electron chi connectivity index (χ2n) is 3.92. The summed E-state index contributed by atoms with van der Waals surface area (Å²) in [6.07, 6.45) is 0.855. The van der Waals surface area contributed by atoms with E-state index >= 15 is 0 Å². The molecule has 96 valence electrons. The molecule has 0 amide bonds. The molecule has 2 rings (SSSR count). The van der Waals surface area contributed by atoms with Crippen LogP contribution in [0.1, 0.15) is 16.5 Å². The predicted octanol–water partition coefficient (Wildman–Crippen LogP) is 4.92. The number of benzene rings is 1. The van der Waals surface area contributed by atoms with Crippen molar-refractivity contribution in [3.8, 4) is 0 Å². The van der Waals surface area contributed by atoms with Gasteiger partial charge in [-0.2, -0.15) is 0 Å². The van der Waals surface area contributed by atoms with Crippen molar-refractivity contribution < 1.29 is 4.39 Å². The molecule has 2 aromatic rings. The highest BCUT2D eigenvalue weighted by Crippen LogP contribution is 2.28. The Balaban J connectivity index is 2.19. The molecule has 1 aromatic carbocycles. The highest BCUT2D eigenvalue weighted by atomic mass is 79.9. The number of likely N-dealkylation sites (N-methyl/N-ethyl adjacent to an activating group) is 1. The van der Waals surface area contributed by atoms with Crippen molar-refractivity contribution in [2.24, 2.45) is 0 Å². The molecule has 1 atom stereocenters. The van der Waals surface area contributed by atoms with Gasteiger partial charge in [-0.15, -0.1) is 11.3 Å². The van der Waals surface area contributed by atoms with E-state index < -0.39 is 0 Å². The second kappa shape index (κ2) is 6.28. The topological polar surface area (TPSA) is 12.0 Å². The van der Waals surface area contributed by atoms with Crippen molar-refractivity contribution in [1.82, 2.24) is 5.32 Å². The maximum absolute atomic E-state index is 13.5. The lowest BCUT2D eigenvalue weighted by molar-refractivity contribution is 0.578. The summed E-state index contributed by atoms with van der Waals surface area (Å²) in [7, 11) is 1.90. The molecule has 1 unspecified atom stereocenters. The van der Waals surface area contributed by atoms with Gasteiger partial charge < -0.3 is 5.32 Å². The lowest BCUT2D eigenvalue weighted by Crippen LogP contribution is -2.18. The normalized spacial score (nSPS) is 12.7. The first-order valence-electron chi connectivity index (χ1n) is 5.46. The van der Waals surface area contributed by atoms with Crippen LogP contribution in [0.5, 0.6) is 0 Å². The Morgan fingerprint density at radius 1 is 1.28 bits per heavy atom. The number of halogens is 3. The van der Waals surface area contributed by atoms with Crippen LogP contribution in [0.4, 0.5) is 4.39 Å². The number of thiophene rings is 1. The Morgan fingerprint density at radius 2 is 2.06 bits per heavy atom. The summed E-state index contributed by atoms with van der Waals surface area (Å²) in [6.45, 7) is 0. The van der Waals surface area contributed by atoms with E-state index in [0.29, 0.717) is 4.47 Å². The molecule has 1 N–H and O–H groups in total. The molecule has 18 heavy (non-hydrogen) atoms. The number of nitrogens with one attached hydrogen (secondary N) is 1. The van der Waals surface area contributed by atoms with Gasteiger partial charge in [0.15, 0.2) is 0 Å². The minimum atomic E-state index is -0.222. The molecule has 0 spiro atoms. The highest BCUT2D eigenvalue weighted by molar-refractivity contribution is 9.11. The van der Waals surface area contributed by atoms with Crippen molar-refractivity contribution in [1.29, 1.82) is 0 Å². The minimum absolute atomic E-state index is 0.123. The molecule has 0 aliphatic carbocycles. The second-order valence-corrected chi connectivity index (χ2v) is 7.33. The standard InChI is InChI=1S/C13H12Br2FNS/c1-17-12(7-9-3-5-13(15)18-9)8-2-4-10(14)11(16)6-8/h2-6,12,17H,7H2,1H3. The van der Waals surface area contributed by atoms with Crippen molar-refractivity contribution in [3.05, 3.63) is 54.8 Å². The molecule has 0 saturated carbocycles. The first-order chi connectivity index (χ1) is 8.60. The van der Waals surface area contributed by atoms with Gasteiger partial charge in [0.1, 0.15) is 5.82 Å². The van der Waals surface area contributed by atoms with E-state index in [9.17, 15) is 4.39 Å². The average Bonchev–Trinajstić information content (AvgIpc) is 2.75. The van der Waals surface area contributed by atoms with Crippen molar-refractivity contribution in [2.45, 2.75) is 12.5 Å². The average molecular weight is 393 g/mol. The summed E-state index contributed by atoms with van der Waals surface area (Å²) in [5, 5.41) is 3.23. The smallest absolute Gasteiger partial charge is 0.137 e. The number of hydrogen-bond acceptors (Lipinski definition) is 2. The summed E-state index contributed by atoms with van der Waals surface area (Å²) < 4.78 is 15.2. The van der Waals surface area contributed by atoms with E-state index in [0.717, 1.165) is 15.8 Å². The fraction of sp³-hybridized carbons (Fsp3) is 0.231. The van der Waals surface area contributed by atoms with Crippen LogP contribution in [0.3, 0.4) is 0 Å². The van der Waals surface area contributed by atoms with Crippen LogP contribution in [0.25, 0.3) is 0 Å². The number of rotatable bonds is 4. The molecule has 1 nitrogen and oxygen atoms in total. The van der Waals surface area contributed by atoms with Crippen LogP contribution < -0.4 is 5.32 Å². The zero-order chi connectivity index (χ0) is 13.1. The minimum Gasteiger partial charge on any atom is -0.313 e. The fourth-order valence-electron chi connectivity index (χ4n) is 1.78. The third kappa shape index (κ3) is 3.41. The van der Waals surface area contributed by atoms with E-state index in [-0.39, 0.29) is 11.9 Å². The molecule has 0 radical (unpaired) electrons. The van der Waals surface area contributed by atoms with Crippen LogP contribution >= 0.6 is 43.2 Å². The van der Waals surface area contributed by atoms with E-state index in [1.54, 1.807) is 23.5 Å². The van der Waals surface area contributed by atoms with Crippen LogP contribution in [-0.2, 0) is 6.42 Å². The van der Waals surface area contributed by atoms with Crippen LogP contribution in [0.15, 0.2) is 38.6 Å². The molecule has 1 aromatic heterocycles. The van der Waals surface area contributed by atoms with Crippen molar-refractivity contribution >= 4 is 43.2 Å². The first kappa shape index (κ1) is 14.2. The van der Waals surface area contributed by atoms with E-state index in [4.69, 9.17) is 0 Å². The zero-order valence-corrected chi connectivity index (χ0v) is 13.7. The third-order valence-corrected chi connectivity index (χ3v) is 5.02. The Bertz CT molecular complexity index is 542. The van der Waals surface area contributed by atoms with E-state index in [1.165, 1.54) is 4.88 Å². The Kier molecular flexibility index (Phi) is 4.95. The summed E-state index contributed by atoms with van der Waals surface area (Å²) in [4.78, 5) is 1.27. The molecular weight excluding hydrogens is 381 g/mol. The van der Waals surface area contributed by atoms with Gasteiger partial charge in [0.05, 0.1) is 8.26 Å². The third-order valence-electron chi connectivity index (χ3n) is 2.73. The zero-order valence-electron chi connectivity index (χ0n) is 9.71. The van der Waals surface area contributed by atoms with E-state index in [2.05, 4.69) is 43.2 Å². The van der Waals surface area contributed by atoms with Gasteiger partial charge in [-0.3, -0.25) is 0 Å². The Labute approximate surface area is 127 Å². The molecule has 0 bridgehead atoms. The maximum Gasteiger partial charge on any atom is 0.137 e. The van der Waals surface area contributed by atoms with Crippen LogP contribution in [0.2, 0.25) is 0 Å². The quantitative estimate of drug-likeness (QED) is 0.778. The molecule has 0 aliphatic heterocycles. The largest absolute Gasteiger partial charge is 0.313 e. The van der Waals surface area contributed by atoms with Gasteiger partial charge in [0.2, 0.25) is 0 Å². The summed E-state index contributed by atoms with van der Waals surface area (Å²) in [6, 6.07) is 9.52. The molecular formula is C13H12Br2FNS. The summed E-state index contributed by atoms with van der Waals surface area (Å²) in [5.41, 5.74) is 0.961. The number of hydrogen-bond donors (Lipinski definition) is 1. The molecule has 0 aliphatic rings. The van der Waals surface area contributed by atoms with Gasteiger partial charge in [0, 0.05) is 17.3 Å². The maximum atomic E-state index is 13.5. The molecule has 0 fully saturated rings. The lowest BCUT2D eigenvalue weighted by atomic mass is 10.0. The predicted molar refractivity (Wildman–Crippen MR) is 81.6 cm³/mol. The first-order valence-corrected chi connectivity index (χ1v) is 7.87. The molecule has 1 heterocycles. The monoisotopic (exact) mass is 391 g/mol. The van der Waals surface area contributed by atoms with Crippen LogP contribution in [-0.4, -0.2) is 7.05 Å². The van der Waals surface area contributed by atoms with Crippen molar-refractivity contribution in [2.75, 3.05) is 7.05 Å². The van der Waals surface area contributed by atoms with Gasteiger partial charge in [-0.1, -0.05) is 6.07 Å². The summed E-state index contributed by atoms with van der Waals surface area (Å²) >= 11 is 8.33. The highest BCUT2D eigenvalue weighted by Gasteiger charge is 2.13.